The van der Waals surface area contributed by atoms with E-state index in [1.54, 1.807) is 24.3 Å². The van der Waals surface area contributed by atoms with Crippen molar-refractivity contribution in [1.82, 2.24) is 4.90 Å². The van der Waals surface area contributed by atoms with Gasteiger partial charge in [0.05, 0.1) is 0 Å². The number of sulfonamides is 1. The second-order valence-corrected chi connectivity index (χ2v) is 10.3. The number of fused-ring (bicyclic) bond motifs is 1. The van der Waals surface area contributed by atoms with Gasteiger partial charge in [-0.3, -0.25) is 4.79 Å². The van der Waals surface area contributed by atoms with E-state index in [1.807, 2.05) is 24.3 Å². The van der Waals surface area contributed by atoms with Crippen LogP contribution in [0, 0.1) is 5.92 Å². The van der Waals surface area contributed by atoms with Gasteiger partial charge in [0.25, 0.3) is 15.9 Å². The molecule has 6 nitrogen and oxygen atoms in total. The molecule has 162 valence electrons. The number of hydrogen-bond donors (Lipinski definition) is 1. The van der Waals surface area contributed by atoms with Crippen molar-refractivity contribution in [3.05, 3.63) is 59.7 Å². The highest BCUT2D eigenvalue weighted by Crippen LogP contribution is 2.35. The number of benzene rings is 2. The van der Waals surface area contributed by atoms with E-state index < -0.39 is 10.0 Å². The van der Waals surface area contributed by atoms with Crippen molar-refractivity contribution in [1.29, 1.82) is 0 Å². The molecule has 0 spiro atoms. The molecule has 2 aliphatic heterocycles. The zero-order valence-corrected chi connectivity index (χ0v) is 18.3. The monoisotopic (exact) mass is 437 g/mol. The molecule has 3 aliphatic rings. The number of carbonyl (C=O) groups is 1. The molecule has 2 fully saturated rings. The van der Waals surface area contributed by atoms with Gasteiger partial charge < -0.3 is 10.2 Å². The topological polar surface area (TPSA) is 78.8 Å². The first-order valence-corrected chi connectivity index (χ1v) is 12.6. The van der Waals surface area contributed by atoms with Gasteiger partial charge in [0.1, 0.15) is 4.90 Å². The van der Waals surface area contributed by atoms with Crippen molar-refractivity contribution in [2.24, 2.45) is 10.3 Å². The standard InChI is InChI=1S/C24H27N3O3S/c28-24(27-16-6-10-21(27)17-7-2-1-3-8-17)18-12-14-19(15-13-18)25-23-20-9-4-5-11-22(20)31(29,30)26-23/h4-5,9,11-15,17,21H,1-3,6-8,10,16H2,(H,25,26). The number of nitrogens with one attached hydrogen (secondary N) is 1. The minimum absolute atomic E-state index is 0.103. The van der Waals surface area contributed by atoms with Gasteiger partial charge in [-0.15, -0.1) is 4.40 Å². The number of nitrogens with zero attached hydrogens (tertiary/aromatic N) is 2. The summed E-state index contributed by atoms with van der Waals surface area (Å²) in [7, 11) is -3.66. The lowest BCUT2D eigenvalue weighted by molar-refractivity contribution is 0.0661. The van der Waals surface area contributed by atoms with E-state index in [9.17, 15) is 13.2 Å². The van der Waals surface area contributed by atoms with Gasteiger partial charge >= 0.3 is 0 Å². The molecule has 1 saturated heterocycles. The molecular formula is C24H27N3O3S. The van der Waals surface area contributed by atoms with Crippen LogP contribution in [0.25, 0.3) is 0 Å². The van der Waals surface area contributed by atoms with Crippen LogP contribution in [-0.4, -0.2) is 37.6 Å². The Bertz CT molecular complexity index is 1120. The predicted molar refractivity (Wildman–Crippen MR) is 121 cm³/mol. The highest BCUT2D eigenvalue weighted by atomic mass is 32.2. The number of anilines is 1. The summed E-state index contributed by atoms with van der Waals surface area (Å²) in [5.41, 5.74) is 1.94. The van der Waals surface area contributed by atoms with Crippen LogP contribution in [0.4, 0.5) is 5.69 Å². The zero-order chi connectivity index (χ0) is 21.4. The van der Waals surface area contributed by atoms with Crippen LogP contribution in [-0.2, 0) is 10.0 Å². The third kappa shape index (κ3) is 3.87. The molecule has 1 amide bonds. The van der Waals surface area contributed by atoms with Crippen molar-refractivity contribution >= 4 is 27.5 Å². The Morgan fingerprint density at radius 1 is 0.935 bits per heavy atom. The van der Waals surface area contributed by atoms with Crippen molar-refractivity contribution in [3.63, 3.8) is 0 Å². The summed E-state index contributed by atoms with van der Waals surface area (Å²) in [6.07, 6.45) is 8.57. The zero-order valence-electron chi connectivity index (χ0n) is 17.5. The summed E-state index contributed by atoms with van der Waals surface area (Å²) >= 11 is 0. The molecule has 0 aromatic heterocycles. The molecule has 0 radical (unpaired) electrons. The Morgan fingerprint density at radius 2 is 1.68 bits per heavy atom. The van der Waals surface area contributed by atoms with Crippen molar-refractivity contribution in [2.75, 3.05) is 11.9 Å². The van der Waals surface area contributed by atoms with Gasteiger partial charge in [0.2, 0.25) is 0 Å². The minimum atomic E-state index is -3.66. The van der Waals surface area contributed by atoms with Crippen molar-refractivity contribution < 1.29 is 13.2 Å². The van der Waals surface area contributed by atoms with Crippen LogP contribution in [0.5, 0.6) is 0 Å². The van der Waals surface area contributed by atoms with Gasteiger partial charge in [-0.1, -0.05) is 31.4 Å². The number of likely N-dealkylation sites (tertiary alicyclic amines) is 1. The molecule has 1 aliphatic carbocycles. The van der Waals surface area contributed by atoms with Crippen LogP contribution in [0.1, 0.15) is 60.9 Å². The molecule has 2 heterocycles. The van der Waals surface area contributed by atoms with Gasteiger partial charge in [-0.05, 0) is 68.0 Å². The SMILES string of the molecule is O=C(c1ccc(NC2=NS(=O)(=O)c3ccccc32)cc1)N1CCCC1C1CCCCC1. The predicted octanol–water partition coefficient (Wildman–Crippen LogP) is 4.43. The summed E-state index contributed by atoms with van der Waals surface area (Å²) in [4.78, 5) is 15.5. The maximum absolute atomic E-state index is 13.2. The molecule has 1 saturated carbocycles. The Balaban J connectivity index is 1.31. The van der Waals surface area contributed by atoms with Crippen LogP contribution in [0.15, 0.2) is 57.8 Å². The second kappa shape index (κ2) is 8.11. The van der Waals surface area contributed by atoms with E-state index in [1.165, 1.54) is 32.1 Å². The molecule has 1 N–H and O–H groups in total. The molecule has 7 heteroatoms. The molecule has 0 bridgehead atoms. The third-order valence-corrected chi connectivity index (χ3v) is 8.11. The quantitative estimate of drug-likeness (QED) is 0.770. The normalized spacial score (nSPS) is 22.8. The second-order valence-electron chi connectivity index (χ2n) is 8.72. The lowest BCUT2D eigenvalue weighted by Gasteiger charge is -2.34. The molecular weight excluding hydrogens is 410 g/mol. The van der Waals surface area contributed by atoms with E-state index in [-0.39, 0.29) is 10.8 Å². The van der Waals surface area contributed by atoms with Crippen molar-refractivity contribution in [2.45, 2.75) is 55.9 Å². The average Bonchev–Trinajstić information content (AvgIpc) is 3.38. The fraction of sp³-hybridized carbons (Fsp3) is 0.417. The molecule has 2 aromatic carbocycles. The maximum Gasteiger partial charge on any atom is 0.285 e. The number of amidine groups is 1. The maximum atomic E-state index is 13.2. The van der Waals surface area contributed by atoms with Crippen LogP contribution in [0.2, 0.25) is 0 Å². The molecule has 1 atom stereocenters. The third-order valence-electron chi connectivity index (χ3n) is 6.78. The minimum Gasteiger partial charge on any atom is -0.339 e. The van der Waals surface area contributed by atoms with Gasteiger partial charge in [-0.25, -0.2) is 0 Å². The Labute approximate surface area is 183 Å². The highest BCUT2D eigenvalue weighted by Gasteiger charge is 2.35. The van der Waals surface area contributed by atoms with E-state index in [4.69, 9.17) is 0 Å². The Hall–Kier alpha value is -2.67. The summed E-state index contributed by atoms with van der Waals surface area (Å²) in [6.45, 7) is 0.839. The van der Waals surface area contributed by atoms with Gasteiger partial charge in [0, 0.05) is 29.4 Å². The number of hydrogen-bond acceptors (Lipinski definition) is 4. The molecule has 1 unspecified atom stereocenters. The number of rotatable bonds is 3. The van der Waals surface area contributed by atoms with E-state index in [0.29, 0.717) is 34.6 Å². The fourth-order valence-electron chi connectivity index (χ4n) is 5.25. The van der Waals surface area contributed by atoms with Gasteiger partial charge in [-0.2, -0.15) is 8.42 Å². The summed E-state index contributed by atoms with van der Waals surface area (Å²) < 4.78 is 28.3. The Kier molecular flexibility index (Phi) is 5.30. The number of amides is 1. The van der Waals surface area contributed by atoms with Crippen LogP contribution >= 0.6 is 0 Å². The first-order valence-electron chi connectivity index (χ1n) is 11.2. The molecule has 31 heavy (non-hydrogen) atoms. The lowest BCUT2D eigenvalue weighted by Crippen LogP contribution is -2.40. The van der Waals surface area contributed by atoms with E-state index >= 15 is 0 Å². The first kappa shape index (κ1) is 20.2. The van der Waals surface area contributed by atoms with Crippen LogP contribution < -0.4 is 5.32 Å². The van der Waals surface area contributed by atoms with Crippen LogP contribution in [0.3, 0.4) is 0 Å². The van der Waals surface area contributed by atoms with E-state index in [0.717, 1.165) is 19.4 Å². The number of carbonyl (C=O) groups excluding carboxylic acids is 1. The van der Waals surface area contributed by atoms with Gasteiger partial charge in [0.15, 0.2) is 5.84 Å². The largest absolute Gasteiger partial charge is 0.339 e. The van der Waals surface area contributed by atoms with Crippen molar-refractivity contribution in [3.8, 4) is 0 Å². The van der Waals surface area contributed by atoms with E-state index in [2.05, 4.69) is 14.6 Å². The fourth-order valence-corrected chi connectivity index (χ4v) is 6.42. The highest BCUT2D eigenvalue weighted by molar-refractivity contribution is 7.90. The average molecular weight is 438 g/mol. The summed E-state index contributed by atoms with van der Waals surface area (Å²) in [5, 5.41) is 3.09. The molecule has 5 rings (SSSR count). The first-order chi connectivity index (χ1) is 15.0. The summed E-state index contributed by atoms with van der Waals surface area (Å²) in [6, 6.07) is 14.4. The smallest absolute Gasteiger partial charge is 0.285 e. The summed E-state index contributed by atoms with van der Waals surface area (Å²) in [5.74, 6) is 1.06. The lowest BCUT2D eigenvalue weighted by atomic mass is 9.83. The Morgan fingerprint density at radius 3 is 2.45 bits per heavy atom. The molecule has 2 aromatic rings.